The minimum atomic E-state index is -0.0661. The van der Waals surface area contributed by atoms with Gasteiger partial charge >= 0.3 is 0 Å². The van der Waals surface area contributed by atoms with Crippen LogP contribution in [0, 0.1) is 6.92 Å². The number of carbonyl (C=O) groups is 1. The molecule has 0 aliphatic carbocycles. The van der Waals surface area contributed by atoms with Crippen LogP contribution in [0.1, 0.15) is 35.6 Å². The van der Waals surface area contributed by atoms with Gasteiger partial charge in [-0.1, -0.05) is 6.07 Å². The highest BCUT2D eigenvalue weighted by atomic mass is 16.6. The highest BCUT2D eigenvalue weighted by Crippen LogP contribution is 2.31. The highest BCUT2D eigenvalue weighted by molar-refractivity contribution is 5.92. The first kappa shape index (κ1) is 16.4. The van der Waals surface area contributed by atoms with E-state index in [9.17, 15) is 4.79 Å². The summed E-state index contributed by atoms with van der Waals surface area (Å²) < 4.78 is 12.9. The average Bonchev–Trinajstić information content (AvgIpc) is 2.91. The zero-order valence-corrected chi connectivity index (χ0v) is 14.6. The number of rotatable bonds is 4. The first-order chi connectivity index (χ1) is 11.5. The minimum Gasteiger partial charge on any atom is -0.486 e. The second-order valence-electron chi connectivity index (χ2n) is 6.30. The molecule has 1 aromatic heterocycles. The maximum atomic E-state index is 12.8. The fourth-order valence-electron chi connectivity index (χ4n) is 2.68. The molecular formula is C18H23N3O3. The monoisotopic (exact) mass is 329 g/mol. The van der Waals surface area contributed by atoms with Gasteiger partial charge in [-0.05, 0) is 44.5 Å². The molecule has 0 spiro atoms. The molecule has 6 heteroatoms. The minimum absolute atomic E-state index is 0.0630. The molecule has 1 amide bonds. The second-order valence-corrected chi connectivity index (χ2v) is 6.30. The van der Waals surface area contributed by atoms with Crippen molar-refractivity contribution in [2.75, 3.05) is 13.2 Å². The molecule has 0 fully saturated rings. The lowest BCUT2D eigenvalue weighted by Gasteiger charge is -2.27. The lowest BCUT2D eigenvalue weighted by atomic mass is 10.1. The van der Waals surface area contributed by atoms with E-state index in [4.69, 9.17) is 9.47 Å². The van der Waals surface area contributed by atoms with Crippen molar-refractivity contribution in [3.63, 3.8) is 0 Å². The van der Waals surface area contributed by atoms with E-state index in [2.05, 4.69) is 5.10 Å². The maximum Gasteiger partial charge on any atom is 0.274 e. The molecule has 2 aromatic rings. The number of ether oxygens (including phenoxy) is 2. The standard InChI is InChI=1S/C18H23N3O3/c1-12(2)21(18(22)15-9-13(3)20(4)19-15)11-14-5-6-16-17(10-14)24-8-7-23-16/h5-6,9-10,12H,7-8,11H2,1-4H3. The van der Waals surface area contributed by atoms with Gasteiger partial charge < -0.3 is 14.4 Å². The van der Waals surface area contributed by atoms with Crippen molar-refractivity contribution in [2.24, 2.45) is 7.05 Å². The fourth-order valence-corrected chi connectivity index (χ4v) is 2.68. The van der Waals surface area contributed by atoms with Crippen LogP contribution in [0.15, 0.2) is 24.3 Å². The lowest BCUT2D eigenvalue weighted by Crippen LogP contribution is -2.36. The Kier molecular flexibility index (Phi) is 4.46. The summed E-state index contributed by atoms with van der Waals surface area (Å²) in [5, 5.41) is 4.31. The van der Waals surface area contributed by atoms with Crippen LogP contribution in [-0.2, 0) is 13.6 Å². The summed E-state index contributed by atoms with van der Waals surface area (Å²) in [5.41, 5.74) is 2.44. The topological polar surface area (TPSA) is 56.6 Å². The normalized spacial score (nSPS) is 13.2. The molecule has 0 N–H and O–H groups in total. The third-order valence-electron chi connectivity index (χ3n) is 4.18. The smallest absolute Gasteiger partial charge is 0.274 e. The van der Waals surface area contributed by atoms with Crippen LogP contribution < -0.4 is 9.47 Å². The Hall–Kier alpha value is -2.50. The van der Waals surface area contributed by atoms with E-state index in [1.54, 1.807) is 4.68 Å². The number of nitrogens with zero attached hydrogens (tertiary/aromatic N) is 3. The summed E-state index contributed by atoms with van der Waals surface area (Å²) in [6.07, 6.45) is 0. The molecule has 128 valence electrons. The first-order valence-corrected chi connectivity index (χ1v) is 8.16. The van der Waals surface area contributed by atoms with Gasteiger partial charge in [0.05, 0.1) is 0 Å². The van der Waals surface area contributed by atoms with Gasteiger partial charge in [-0.25, -0.2) is 0 Å². The van der Waals surface area contributed by atoms with Gasteiger partial charge in [-0.2, -0.15) is 5.10 Å². The summed E-state index contributed by atoms with van der Waals surface area (Å²) >= 11 is 0. The number of benzene rings is 1. The lowest BCUT2D eigenvalue weighted by molar-refractivity contribution is 0.0683. The number of fused-ring (bicyclic) bond motifs is 1. The Morgan fingerprint density at radius 2 is 1.96 bits per heavy atom. The van der Waals surface area contributed by atoms with Gasteiger partial charge in [0.1, 0.15) is 13.2 Å². The molecule has 0 unspecified atom stereocenters. The molecular weight excluding hydrogens is 306 g/mol. The van der Waals surface area contributed by atoms with Crippen LogP contribution in [0.25, 0.3) is 0 Å². The predicted octanol–water partition coefficient (Wildman–Crippen LogP) is 2.55. The average molecular weight is 329 g/mol. The third kappa shape index (κ3) is 3.22. The summed E-state index contributed by atoms with van der Waals surface area (Å²) in [4.78, 5) is 14.7. The van der Waals surface area contributed by atoms with Crippen LogP contribution in [0.3, 0.4) is 0 Å². The van der Waals surface area contributed by atoms with Crippen molar-refractivity contribution >= 4 is 5.91 Å². The number of carbonyl (C=O) groups excluding carboxylic acids is 1. The van der Waals surface area contributed by atoms with Gasteiger partial charge in [0, 0.05) is 25.3 Å². The van der Waals surface area contributed by atoms with Gasteiger partial charge in [0.2, 0.25) is 0 Å². The van der Waals surface area contributed by atoms with Gasteiger partial charge in [-0.3, -0.25) is 9.48 Å². The SMILES string of the molecule is Cc1cc(C(=O)N(Cc2ccc3c(c2)OCCO3)C(C)C)nn1C. The summed E-state index contributed by atoms with van der Waals surface area (Å²) in [6, 6.07) is 7.70. The van der Waals surface area contributed by atoms with Gasteiger partial charge in [0.25, 0.3) is 5.91 Å². The molecule has 0 radical (unpaired) electrons. The first-order valence-electron chi connectivity index (χ1n) is 8.16. The Labute approximate surface area is 142 Å². The molecule has 3 rings (SSSR count). The van der Waals surface area contributed by atoms with Crippen LogP contribution in [0.5, 0.6) is 11.5 Å². The summed E-state index contributed by atoms with van der Waals surface area (Å²) in [6.45, 7) is 7.57. The van der Waals surface area contributed by atoms with E-state index in [0.29, 0.717) is 25.5 Å². The molecule has 6 nitrogen and oxygen atoms in total. The number of aryl methyl sites for hydroxylation is 2. The fraction of sp³-hybridized carbons (Fsp3) is 0.444. The summed E-state index contributed by atoms with van der Waals surface area (Å²) in [7, 11) is 1.84. The van der Waals surface area contributed by atoms with E-state index in [1.165, 1.54) is 0 Å². The predicted molar refractivity (Wildman–Crippen MR) is 90.4 cm³/mol. The van der Waals surface area contributed by atoms with Crippen molar-refractivity contribution < 1.29 is 14.3 Å². The van der Waals surface area contributed by atoms with Crippen molar-refractivity contribution in [1.29, 1.82) is 0 Å². The Balaban J connectivity index is 1.82. The van der Waals surface area contributed by atoms with Crippen molar-refractivity contribution in [3.05, 3.63) is 41.2 Å². The Morgan fingerprint density at radius 3 is 2.58 bits per heavy atom. The number of hydrogen-bond acceptors (Lipinski definition) is 4. The zero-order chi connectivity index (χ0) is 17.3. The number of aromatic nitrogens is 2. The third-order valence-corrected chi connectivity index (χ3v) is 4.18. The molecule has 2 heterocycles. The largest absolute Gasteiger partial charge is 0.486 e. The van der Waals surface area contributed by atoms with Crippen LogP contribution >= 0.6 is 0 Å². The molecule has 0 saturated heterocycles. The van der Waals surface area contributed by atoms with E-state index in [1.807, 2.05) is 57.0 Å². The molecule has 0 saturated carbocycles. The molecule has 1 aromatic carbocycles. The van der Waals surface area contributed by atoms with Crippen molar-refractivity contribution in [1.82, 2.24) is 14.7 Å². The quantitative estimate of drug-likeness (QED) is 0.865. The van der Waals surface area contributed by atoms with Crippen LogP contribution in [-0.4, -0.2) is 39.8 Å². The molecule has 24 heavy (non-hydrogen) atoms. The molecule has 1 aliphatic heterocycles. The molecule has 0 atom stereocenters. The van der Waals surface area contributed by atoms with Crippen LogP contribution in [0.4, 0.5) is 0 Å². The highest BCUT2D eigenvalue weighted by Gasteiger charge is 2.23. The van der Waals surface area contributed by atoms with Crippen molar-refractivity contribution in [3.8, 4) is 11.5 Å². The van der Waals surface area contributed by atoms with E-state index in [0.717, 1.165) is 22.8 Å². The van der Waals surface area contributed by atoms with E-state index >= 15 is 0 Å². The van der Waals surface area contributed by atoms with Gasteiger partial charge in [0.15, 0.2) is 17.2 Å². The Morgan fingerprint density at radius 1 is 1.25 bits per heavy atom. The Bertz CT molecular complexity index is 732. The maximum absolute atomic E-state index is 12.8. The van der Waals surface area contributed by atoms with Gasteiger partial charge in [-0.15, -0.1) is 0 Å². The van der Waals surface area contributed by atoms with E-state index in [-0.39, 0.29) is 11.9 Å². The number of hydrogen-bond donors (Lipinski definition) is 0. The second kappa shape index (κ2) is 6.55. The number of amides is 1. The van der Waals surface area contributed by atoms with Crippen molar-refractivity contribution in [2.45, 2.75) is 33.4 Å². The van der Waals surface area contributed by atoms with E-state index < -0.39 is 0 Å². The summed E-state index contributed by atoms with van der Waals surface area (Å²) in [5.74, 6) is 1.43. The zero-order valence-electron chi connectivity index (χ0n) is 14.6. The molecule has 1 aliphatic rings. The van der Waals surface area contributed by atoms with Crippen LogP contribution in [0.2, 0.25) is 0 Å². The molecule has 0 bridgehead atoms.